The van der Waals surface area contributed by atoms with E-state index in [-0.39, 0.29) is 17.8 Å². The third-order valence-corrected chi connectivity index (χ3v) is 6.04. The molecule has 0 spiro atoms. The molecule has 4 heteroatoms. The van der Waals surface area contributed by atoms with Crippen LogP contribution < -0.4 is 4.90 Å². The van der Waals surface area contributed by atoms with Crippen LogP contribution in [-0.2, 0) is 6.54 Å². The van der Waals surface area contributed by atoms with Gasteiger partial charge in [0.25, 0.3) is 5.91 Å². The minimum atomic E-state index is -0.292. The van der Waals surface area contributed by atoms with Gasteiger partial charge in [0.05, 0.1) is 0 Å². The normalized spacial score (nSPS) is 15.1. The molecule has 0 saturated carbocycles. The third kappa shape index (κ3) is 5.20. The van der Waals surface area contributed by atoms with Crippen molar-refractivity contribution in [1.82, 2.24) is 4.90 Å². The molecule has 1 aliphatic rings. The van der Waals surface area contributed by atoms with Crippen LogP contribution in [0.25, 0.3) is 0 Å². The van der Waals surface area contributed by atoms with E-state index in [0.717, 1.165) is 43.7 Å². The van der Waals surface area contributed by atoms with Crippen LogP contribution in [-0.4, -0.2) is 29.9 Å². The summed E-state index contributed by atoms with van der Waals surface area (Å²) in [7, 11) is 0. The van der Waals surface area contributed by atoms with Crippen molar-refractivity contribution in [3.8, 4) is 0 Å². The Labute approximate surface area is 184 Å². The second-order valence-corrected chi connectivity index (χ2v) is 8.51. The summed E-state index contributed by atoms with van der Waals surface area (Å²) in [6.45, 7) is 6.87. The molecule has 0 radical (unpaired) electrons. The number of benzene rings is 3. The smallest absolute Gasteiger partial charge is 0.258 e. The molecule has 0 atom stereocenters. The fourth-order valence-electron chi connectivity index (χ4n) is 4.30. The fraction of sp³-hybridized carbons (Fsp3) is 0.296. The van der Waals surface area contributed by atoms with E-state index in [2.05, 4.69) is 36.1 Å². The number of nitrogens with zero attached hydrogens (tertiary/aromatic N) is 2. The van der Waals surface area contributed by atoms with Crippen molar-refractivity contribution >= 4 is 11.6 Å². The quantitative estimate of drug-likeness (QED) is 0.528. The van der Waals surface area contributed by atoms with Gasteiger partial charge in [-0.05, 0) is 68.7 Å². The largest absolute Gasteiger partial charge is 0.305 e. The molecule has 0 unspecified atom stereocenters. The molecule has 3 aromatic carbocycles. The van der Waals surface area contributed by atoms with Crippen molar-refractivity contribution in [2.75, 3.05) is 18.0 Å². The van der Waals surface area contributed by atoms with E-state index in [1.165, 1.54) is 23.3 Å². The molecule has 3 aromatic rings. The van der Waals surface area contributed by atoms with E-state index in [4.69, 9.17) is 0 Å². The topological polar surface area (TPSA) is 23.6 Å². The lowest BCUT2D eigenvalue weighted by molar-refractivity contribution is 0.0958. The minimum Gasteiger partial charge on any atom is -0.305 e. The Morgan fingerprint density at radius 2 is 1.61 bits per heavy atom. The predicted octanol–water partition coefficient (Wildman–Crippen LogP) is 5.75. The first-order valence-electron chi connectivity index (χ1n) is 10.9. The zero-order chi connectivity index (χ0) is 21.8. The standard InChI is InChI=1S/C27H29FN2O/c1-20-6-8-22(9-7-20)19-29-16-14-26(15-17-29)30(25-12-10-24(28)11-13-25)27(31)23-5-3-4-21(2)18-23/h3-13,18,26H,14-17,19H2,1-2H3. The molecule has 1 amide bonds. The Morgan fingerprint density at radius 1 is 0.935 bits per heavy atom. The van der Waals surface area contributed by atoms with E-state index < -0.39 is 0 Å². The summed E-state index contributed by atoms with van der Waals surface area (Å²) in [5, 5.41) is 0. The average molecular weight is 417 g/mol. The molecule has 0 aliphatic carbocycles. The van der Waals surface area contributed by atoms with Crippen molar-refractivity contribution < 1.29 is 9.18 Å². The zero-order valence-corrected chi connectivity index (χ0v) is 18.2. The zero-order valence-electron chi connectivity index (χ0n) is 18.2. The van der Waals surface area contributed by atoms with Gasteiger partial charge in [0.15, 0.2) is 0 Å². The summed E-state index contributed by atoms with van der Waals surface area (Å²) in [6, 6.07) is 22.7. The van der Waals surface area contributed by atoms with E-state index >= 15 is 0 Å². The van der Waals surface area contributed by atoms with Gasteiger partial charge in [-0.3, -0.25) is 9.69 Å². The number of amides is 1. The van der Waals surface area contributed by atoms with Crippen LogP contribution in [0.4, 0.5) is 10.1 Å². The lowest BCUT2D eigenvalue weighted by Gasteiger charge is -2.38. The number of hydrogen-bond acceptors (Lipinski definition) is 2. The van der Waals surface area contributed by atoms with Gasteiger partial charge in [0.2, 0.25) is 0 Å². The van der Waals surface area contributed by atoms with Crippen molar-refractivity contribution in [2.45, 2.75) is 39.3 Å². The molecule has 1 aliphatic heterocycles. The van der Waals surface area contributed by atoms with Gasteiger partial charge < -0.3 is 4.90 Å². The Hall–Kier alpha value is -2.98. The molecule has 1 fully saturated rings. The van der Waals surface area contributed by atoms with Crippen LogP contribution in [0.5, 0.6) is 0 Å². The van der Waals surface area contributed by atoms with Gasteiger partial charge in [-0.2, -0.15) is 0 Å². The maximum Gasteiger partial charge on any atom is 0.258 e. The summed E-state index contributed by atoms with van der Waals surface area (Å²) in [4.78, 5) is 17.8. The van der Waals surface area contributed by atoms with Crippen LogP contribution in [0.2, 0.25) is 0 Å². The van der Waals surface area contributed by atoms with E-state index in [9.17, 15) is 9.18 Å². The molecule has 1 saturated heterocycles. The van der Waals surface area contributed by atoms with Gasteiger partial charge in [-0.15, -0.1) is 0 Å². The highest BCUT2D eigenvalue weighted by molar-refractivity contribution is 6.06. The number of piperidine rings is 1. The number of halogens is 1. The van der Waals surface area contributed by atoms with Crippen LogP contribution >= 0.6 is 0 Å². The number of rotatable bonds is 5. The van der Waals surface area contributed by atoms with E-state index in [0.29, 0.717) is 5.56 Å². The Morgan fingerprint density at radius 3 is 2.26 bits per heavy atom. The molecule has 0 bridgehead atoms. The van der Waals surface area contributed by atoms with Gasteiger partial charge in [0, 0.05) is 36.9 Å². The Kier molecular flexibility index (Phi) is 6.47. The summed E-state index contributed by atoms with van der Waals surface area (Å²) >= 11 is 0. The monoisotopic (exact) mass is 416 g/mol. The lowest BCUT2D eigenvalue weighted by atomic mass is 9.99. The SMILES string of the molecule is Cc1ccc(CN2CCC(N(C(=O)c3cccc(C)c3)c3ccc(F)cc3)CC2)cc1. The van der Waals surface area contributed by atoms with Crippen molar-refractivity contribution in [2.24, 2.45) is 0 Å². The first kappa shape index (κ1) is 21.3. The van der Waals surface area contributed by atoms with Gasteiger partial charge in [-0.25, -0.2) is 4.39 Å². The summed E-state index contributed by atoms with van der Waals surface area (Å²) < 4.78 is 13.5. The molecule has 1 heterocycles. The van der Waals surface area contributed by atoms with Crippen LogP contribution in [0, 0.1) is 19.7 Å². The number of likely N-dealkylation sites (tertiary alicyclic amines) is 1. The van der Waals surface area contributed by atoms with Crippen molar-refractivity contribution in [3.63, 3.8) is 0 Å². The highest BCUT2D eigenvalue weighted by Crippen LogP contribution is 2.27. The summed E-state index contributed by atoms with van der Waals surface area (Å²) in [6.07, 6.45) is 1.78. The summed E-state index contributed by atoms with van der Waals surface area (Å²) in [5.41, 5.74) is 5.07. The van der Waals surface area contributed by atoms with E-state index in [1.807, 2.05) is 36.1 Å². The Bertz CT molecular complexity index is 1020. The second-order valence-electron chi connectivity index (χ2n) is 8.51. The van der Waals surface area contributed by atoms with Gasteiger partial charge in [0.1, 0.15) is 5.82 Å². The maximum atomic E-state index is 13.5. The van der Waals surface area contributed by atoms with Crippen LogP contribution in [0.1, 0.15) is 39.9 Å². The van der Waals surface area contributed by atoms with Crippen LogP contribution in [0.15, 0.2) is 72.8 Å². The molecule has 160 valence electrons. The van der Waals surface area contributed by atoms with Crippen molar-refractivity contribution in [3.05, 3.63) is 101 Å². The van der Waals surface area contributed by atoms with Gasteiger partial charge in [-0.1, -0.05) is 47.5 Å². The van der Waals surface area contributed by atoms with Crippen LogP contribution in [0.3, 0.4) is 0 Å². The molecular formula is C27H29FN2O. The number of anilines is 1. The molecule has 0 N–H and O–H groups in total. The Balaban J connectivity index is 1.51. The fourth-order valence-corrected chi connectivity index (χ4v) is 4.30. The molecule has 31 heavy (non-hydrogen) atoms. The first-order valence-corrected chi connectivity index (χ1v) is 10.9. The maximum absolute atomic E-state index is 13.5. The van der Waals surface area contributed by atoms with E-state index in [1.54, 1.807) is 12.1 Å². The highest BCUT2D eigenvalue weighted by Gasteiger charge is 2.30. The minimum absolute atomic E-state index is 0.0210. The second kappa shape index (κ2) is 9.44. The number of hydrogen-bond donors (Lipinski definition) is 0. The van der Waals surface area contributed by atoms with Crippen molar-refractivity contribution in [1.29, 1.82) is 0 Å². The van der Waals surface area contributed by atoms with Gasteiger partial charge >= 0.3 is 0 Å². The molecule has 4 rings (SSSR count). The first-order chi connectivity index (χ1) is 15.0. The summed E-state index contributed by atoms with van der Waals surface area (Å²) in [5.74, 6) is -0.313. The highest BCUT2D eigenvalue weighted by atomic mass is 19.1. The lowest BCUT2D eigenvalue weighted by Crippen LogP contribution is -2.47. The third-order valence-electron chi connectivity index (χ3n) is 6.04. The number of carbonyl (C=O) groups is 1. The number of aryl methyl sites for hydroxylation is 2. The number of carbonyl (C=O) groups excluding carboxylic acids is 1. The predicted molar refractivity (Wildman–Crippen MR) is 124 cm³/mol. The molecular weight excluding hydrogens is 387 g/mol. The average Bonchev–Trinajstić information content (AvgIpc) is 2.78. The molecule has 0 aromatic heterocycles. The molecule has 3 nitrogen and oxygen atoms in total.